The second-order valence-corrected chi connectivity index (χ2v) is 29.9. The van der Waals surface area contributed by atoms with E-state index >= 15 is 0 Å². The third kappa shape index (κ3) is 10.4. The van der Waals surface area contributed by atoms with E-state index in [0.29, 0.717) is 23.7 Å². The fourth-order valence-corrected chi connectivity index (χ4v) is 16.3. The molecule has 0 radical (unpaired) electrons. The van der Waals surface area contributed by atoms with Gasteiger partial charge >= 0.3 is 0 Å². The van der Waals surface area contributed by atoms with Gasteiger partial charge in [0.05, 0.1) is 22.7 Å². The van der Waals surface area contributed by atoms with Gasteiger partial charge in [-0.05, 0) is 198 Å². The SMILES string of the molecule is Cc1cc(C(C)(C)C)ccc1N(c1cccc(-c2cccc(-c3ccccc3C(C)C)c2)c1O)c1cc(C2CCCC2)c2ccc3c(N(c4ccc(C(C)(C)C)cc4)c4cccc5c4oc4c(-c6ccccc6C(C)C)cccc45)cc(C4CCCC4)c4ccc1c2c43. The number of phenolic OH excluding ortho intramolecular Hbond substituents is 1. The van der Waals surface area contributed by atoms with Crippen LogP contribution in [0.2, 0.25) is 0 Å². The molecule has 0 aliphatic heterocycles. The van der Waals surface area contributed by atoms with Crippen molar-refractivity contribution in [2.24, 2.45) is 0 Å². The number of fused-ring (bicyclic) bond motifs is 3. The van der Waals surface area contributed by atoms with Gasteiger partial charge in [0.15, 0.2) is 5.58 Å². The van der Waals surface area contributed by atoms with Crippen LogP contribution in [-0.2, 0) is 10.8 Å². The molecule has 2 aliphatic rings. The van der Waals surface area contributed by atoms with Gasteiger partial charge in [-0.3, -0.25) is 0 Å². The molecule has 4 nitrogen and oxygen atoms in total. The number of phenols is 1. The van der Waals surface area contributed by atoms with Crippen LogP contribution in [-0.4, -0.2) is 5.11 Å². The van der Waals surface area contributed by atoms with Crippen LogP contribution >= 0.6 is 0 Å². The molecule has 4 heteroatoms. The first-order chi connectivity index (χ1) is 44.9. The molecular weight excluding hydrogens is 1130 g/mol. The number of para-hydroxylation sites is 3. The van der Waals surface area contributed by atoms with Crippen LogP contribution in [0.25, 0.3) is 87.6 Å². The summed E-state index contributed by atoms with van der Waals surface area (Å²) in [6, 6.07) is 77.7. The Morgan fingerprint density at radius 3 is 1.45 bits per heavy atom. The molecule has 0 spiro atoms. The predicted molar refractivity (Wildman–Crippen MR) is 397 cm³/mol. The van der Waals surface area contributed by atoms with Gasteiger partial charge in [-0.1, -0.05) is 253 Å². The second-order valence-electron chi connectivity index (χ2n) is 29.9. The molecule has 93 heavy (non-hydrogen) atoms. The molecule has 2 aliphatic carbocycles. The molecule has 1 N–H and O–H groups in total. The van der Waals surface area contributed by atoms with Crippen molar-refractivity contribution in [2.45, 2.75) is 162 Å². The summed E-state index contributed by atoms with van der Waals surface area (Å²) in [4.78, 5) is 4.98. The highest BCUT2D eigenvalue weighted by atomic mass is 16.3. The summed E-state index contributed by atoms with van der Waals surface area (Å²) in [7, 11) is 0. The number of furan rings is 1. The van der Waals surface area contributed by atoms with Gasteiger partial charge in [0, 0.05) is 44.0 Å². The smallest absolute Gasteiger partial charge is 0.159 e. The summed E-state index contributed by atoms with van der Waals surface area (Å²) in [6.45, 7) is 25.2. The normalized spacial score (nSPS) is 14.4. The molecule has 1 heterocycles. The van der Waals surface area contributed by atoms with Crippen LogP contribution in [0.1, 0.15) is 183 Å². The van der Waals surface area contributed by atoms with Crippen LogP contribution in [0.15, 0.2) is 211 Å². The molecule has 15 rings (SSSR count). The van der Waals surface area contributed by atoms with Gasteiger partial charge in [-0.2, -0.15) is 0 Å². The van der Waals surface area contributed by atoms with Crippen molar-refractivity contribution < 1.29 is 9.52 Å². The maximum Gasteiger partial charge on any atom is 0.159 e. The molecule has 12 aromatic carbocycles. The van der Waals surface area contributed by atoms with E-state index in [4.69, 9.17) is 4.42 Å². The Balaban J connectivity index is 1.02. The second kappa shape index (κ2) is 23.5. The van der Waals surface area contributed by atoms with Crippen LogP contribution in [0.5, 0.6) is 5.75 Å². The number of benzene rings is 12. The Hall–Kier alpha value is -9.12. The van der Waals surface area contributed by atoms with Gasteiger partial charge in [0.1, 0.15) is 11.3 Å². The summed E-state index contributed by atoms with van der Waals surface area (Å²) in [5, 5.41) is 23.3. The predicted octanol–water partition coefficient (Wildman–Crippen LogP) is 26.6. The Kier molecular flexibility index (Phi) is 15.2. The van der Waals surface area contributed by atoms with E-state index in [9.17, 15) is 5.11 Å². The Bertz CT molecular complexity index is 4990. The zero-order valence-corrected chi connectivity index (χ0v) is 56.3. The molecule has 0 saturated heterocycles. The highest BCUT2D eigenvalue weighted by Crippen LogP contribution is 2.56. The fourth-order valence-electron chi connectivity index (χ4n) is 16.3. The van der Waals surface area contributed by atoms with E-state index in [1.165, 1.54) is 103 Å². The highest BCUT2D eigenvalue weighted by molar-refractivity contribution is 6.30. The zero-order chi connectivity index (χ0) is 64.2. The largest absolute Gasteiger partial charge is 0.505 e. The van der Waals surface area contributed by atoms with Crippen molar-refractivity contribution >= 4 is 88.4 Å². The summed E-state index contributed by atoms with van der Waals surface area (Å²) in [6.07, 6.45) is 9.45. The van der Waals surface area contributed by atoms with E-state index in [1.807, 2.05) is 0 Å². The number of aromatic hydroxyl groups is 1. The van der Waals surface area contributed by atoms with Crippen molar-refractivity contribution in [3.63, 3.8) is 0 Å². The lowest BCUT2D eigenvalue weighted by atomic mass is 9.82. The maximum absolute atomic E-state index is 13.4. The monoisotopic (exact) mass is 1220 g/mol. The first kappa shape index (κ1) is 60.1. The van der Waals surface area contributed by atoms with E-state index in [1.54, 1.807) is 0 Å². The lowest BCUT2D eigenvalue weighted by molar-refractivity contribution is 0.478. The third-order valence-electron chi connectivity index (χ3n) is 21.2. The average molecular weight is 1220 g/mol. The quantitative estimate of drug-likeness (QED) is 0.117. The minimum absolute atomic E-state index is 0.0352. The number of rotatable bonds is 13. The van der Waals surface area contributed by atoms with Gasteiger partial charge in [-0.15, -0.1) is 0 Å². The Labute approximate surface area is 550 Å². The van der Waals surface area contributed by atoms with Crippen molar-refractivity contribution in [3.05, 3.63) is 245 Å². The minimum Gasteiger partial charge on any atom is -0.505 e. The van der Waals surface area contributed by atoms with Crippen molar-refractivity contribution in [3.8, 4) is 39.1 Å². The van der Waals surface area contributed by atoms with Gasteiger partial charge in [-0.25, -0.2) is 0 Å². The molecule has 13 aromatic rings. The molecule has 0 unspecified atom stereocenters. The van der Waals surface area contributed by atoms with Crippen molar-refractivity contribution in [1.82, 2.24) is 0 Å². The molecule has 0 amide bonds. The maximum atomic E-state index is 13.4. The summed E-state index contributed by atoms with van der Waals surface area (Å²) < 4.78 is 7.51. The highest BCUT2D eigenvalue weighted by Gasteiger charge is 2.33. The minimum atomic E-state index is -0.0617. The lowest BCUT2D eigenvalue weighted by Crippen LogP contribution is -2.16. The third-order valence-corrected chi connectivity index (χ3v) is 21.2. The first-order valence-electron chi connectivity index (χ1n) is 34.6. The number of nitrogens with zero attached hydrogens (tertiary/aromatic N) is 2. The van der Waals surface area contributed by atoms with Crippen molar-refractivity contribution in [1.29, 1.82) is 0 Å². The zero-order valence-electron chi connectivity index (χ0n) is 56.3. The molecular formula is C89H88N2O2. The van der Waals surface area contributed by atoms with Crippen LogP contribution < -0.4 is 9.80 Å². The Morgan fingerprint density at radius 2 is 0.860 bits per heavy atom. The molecule has 0 bridgehead atoms. The van der Waals surface area contributed by atoms with E-state index in [0.717, 1.165) is 110 Å². The van der Waals surface area contributed by atoms with E-state index in [-0.39, 0.29) is 16.6 Å². The molecule has 466 valence electrons. The number of hydrogen-bond acceptors (Lipinski definition) is 4. The van der Waals surface area contributed by atoms with E-state index in [2.05, 4.69) is 292 Å². The lowest BCUT2D eigenvalue weighted by Gasteiger charge is -2.33. The van der Waals surface area contributed by atoms with E-state index < -0.39 is 0 Å². The number of anilines is 6. The molecule has 1 aromatic heterocycles. The summed E-state index contributed by atoms with van der Waals surface area (Å²) in [5.74, 6) is 1.74. The number of aryl methyl sites for hydroxylation is 1. The number of hydrogen-bond donors (Lipinski definition) is 1. The topological polar surface area (TPSA) is 39.9 Å². The first-order valence-corrected chi connectivity index (χ1v) is 34.6. The average Bonchev–Trinajstić information content (AvgIpc) is 1.25. The molecule has 2 saturated carbocycles. The summed E-state index contributed by atoms with van der Waals surface area (Å²) in [5.41, 5.74) is 23.5. The fraction of sp³-hybridized carbons (Fsp3) is 0.281. The van der Waals surface area contributed by atoms with Crippen LogP contribution in [0.3, 0.4) is 0 Å². The van der Waals surface area contributed by atoms with Crippen LogP contribution in [0.4, 0.5) is 34.1 Å². The van der Waals surface area contributed by atoms with Gasteiger partial charge in [0.2, 0.25) is 0 Å². The standard InChI is InChI=1S/C89H88N2O2/c1-54(2)64-30-16-18-32-66(64)59-28-20-29-60(51-59)67-34-22-38-79(85(67)92)91(78-49-42-62(50-56(78)5)89(9,10)11)82-53-77(58-26-14-15-27-58)70-45-47-74-81(52-76(57-24-12-13-25-57)69-46-48-75(82)84(70)83(69)74)90(63-43-40-61(41-44-63)88(6,7)8)80-39-23-37-73-72-36-21-35-71(86(72)93-87(73)80)68-33-19-17-31-65(68)55(3)4/h16-23,28-55,57-58,92H,12-15,24-27H2,1-11H3. The molecule has 2 fully saturated rings. The van der Waals surface area contributed by atoms with Gasteiger partial charge in [0.25, 0.3) is 0 Å². The summed E-state index contributed by atoms with van der Waals surface area (Å²) >= 11 is 0. The molecule has 0 atom stereocenters. The van der Waals surface area contributed by atoms with Crippen LogP contribution in [0, 0.1) is 6.92 Å². The van der Waals surface area contributed by atoms with Gasteiger partial charge < -0.3 is 19.3 Å². The van der Waals surface area contributed by atoms with Crippen molar-refractivity contribution in [2.75, 3.05) is 9.80 Å². The Morgan fingerprint density at radius 1 is 0.387 bits per heavy atom.